The van der Waals surface area contributed by atoms with Gasteiger partial charge in [0, 0.05) is 0 Å². The van der Waals surface area contributed by atoms with Gasteiger partial charge < -0.3 is 0 Å². The standard InChI is InChI=1S/C5H11P2/c1-2-3-4-5-7-6/h2-5H2,1H3/q+1. The summed E-state index contributed by atoms with van der Waals surface area (Å²) in [4.78, 5) is 0. The predicted octanol–water partition coefficient (Wildman–Crippen LogP) is 3.45. The molecule has 0 radical (unpaired) electrons. The van der Waals surface area contributed by atoms with E-state index in [1.54, 1.807) is 0 Å². The fourth-order valence-electron chi connectivity index (χ4n) is 0.433. The van der Waals surface area contributed by atoms with Crippen LogP contribution in [0.5, 0.6) is 0 Å². The van der Waals surface area contributed by atoms with E-state index in [1.165, 1.54) is 33.1 Å². The quantitative estimate of drug-likeness (QED) is 0.408. The van der Waals surface area contributed by atoms with Gasteiger partial charge in [-0.15, -0.1) is 0 Å². The Labute approximate surface area is 49.2 Å². The van der Waals surface area contributed by atoms with Crippen LogP contribution < -0.4 is 0 Å². The van der Waals surface area contributed by atoms with Gasteiger partial charge >= 0.3 is 48.4 Å². The summed E-state index contributed by atoms with van der Waals surface area (Å²) in [5, 5.41) is 0. The zero-order valence-corrected chi connectivity index (χ0v) is 6.51. The van der Waals surface area contributed by atoms with E-state index >= 15 is 0 Å². The molecular formula is C5H11P2+. The normalized spacial score (nSPS) is 8.57. The third kappa shape index (κ3) is 6.86. The molecule has 0 aliphatic carbocycles. The monoisotopic (exact) mass is 133 g/mol. The second-order valence-corrected chi connectivity index (χ2v) is 3.15. The van der Waals surface area contributed by atoms with Crippen molar-refractivity contribution in [2.24, 2.45) is 0 Å². The molecule has 0 fully saturated rings. The Balaban J connectivity index is 2.60. The minimum absolute atomic E-state index is 1.25. The Morgan fingerprint density at radius 3 is 2.57 bits per heavy atom. The molecule has 0 aliphatic heterocycles. The molecule has 0 aromatic heterocycles. The molecule has 0 bridgehead atoms. The molecule has 0 aliphatic rings. The number of hydrogen-bond acceptors (Lipinski definition) is 0. The summed E-state index contributed by atoms with van der Waals surface area (Å²) in [5.74, 6) is 0. The maximum atomic E-state index is 4.07. The number of unbranched alkanes of at least 4 members (excludes halogenated alkanes) is 2. The molecule has 0 amide bonds. The van der Waals surface area contributed by atoms with Crippen LogP contribution in [0.25, 0.3) is 0 Å². The molecule has 40 valence electrons. The SMILES string of the molecule is CCCCC[P+]#P. The molecule has 0 aromatic carbocycles. The Hall–Kier alpha value is 0.860. The van der Waals surface area contributed by atoms with Gasteiger partial charge in [0.15, 0.2) is 0 Å². The summed E-state index contributed by atoms with van der Waals surface area (Å²) in [6.45, 7) is 2.22. The Bertz CT molecular complexity index is 63.0. The van der Waals surface area contributed by atoms with Gasteiger partial charge in [-0.1, -0.05) is 0 Å². The van der Waals surface area contributed by atoms with Crippen molar-refractivity contribution in [3.63, 3.8) is 0 Å². The first kappa shape index (κ1) is 7.86. The molecule has 0 N–H and O–H groups in total. The van der Waals surface area contributed by atoms with E-state index in [2.05, 4.69) is 15.3 Å². The second kappa shape index (κ2) is 6.86. The summed E-state index contributed by atoms with van der Waals surface area (Å²) < 4.78 is 0. The van der Waals surface area contributed by atoms with E-state index in [0.29, 0.717) is 0 Å². The van der Waals surface area contributed by atoms with Gasteiger partial charge in [-0.25, -0.2) is 0 Å². The average Bonchev–Trinajstić information content (AvgIpc) is 1.69. The van der Waals surface area contributed by atoms with Crippen LogP contribution in [0.4, 0.5) is 0 Å². The molecule has 7 heavy (non-hydrogen) atoms. The molecule has 2 heteroatoms. The molecule has 0 rings (SSSR count). The molecule has 0 spiro atoms. The summed E-state index contributed by atoms with van der Waals surface area (Å²) in [5.41, 5.74) is 0. The maximum absolute atomic E-state index is 4.07. The third-order valence-corrected chi connectivity index (χ3v) is 1.98. The van der Waals surface area contributed by atoms with Crippen molar-refractivity contribution in [1.29, 1.82) is 0 Å². The van der Waals surface area contributed by atoms with Gasteiger partial charge in [-0.3, -0.25) is 0 Å². The Kier molecular flexibility index (Phi) is 7.70. The van der Waals surface area contributed by atoms with E-state index in [-0.39, 0.29) is 0 Å². The minimum atomic E-state index is 1.25. The molecule has 0 atom stereocenters. The van der Waals surface area contributed by atoms with Crippen molar-refractivity contribution < 1.29 is 0 Å². The van der Waals surface area contributed by atoms with E-state index in [1.807, 2.05) is 0 Å². The molecule has 0 nitrogen and oxygen atoms in total. The summed E-state index contributed by atoms with van der Waals surface area (Å²) >= 11 is 0. The van der Waals surface area contributed by atoms with Crippen LogP contribution in [0.3, 0.4) is 0 Å². The van der Waals surface area contributed by atoms with E-state index < -0.39 is 0 Å². The van der Waals surface area contributed by atoms with Gasteiger partial charge in [0.1, 0.15) is 0 Å². The first-order valence-electron chi connectivity index (χ1n) is 2.72. The van der Waals surface area contributed by atoms with Crippen LogP contribution in [0, 0.1) is 0 Å². The summed E-state index contributed by atoms with van der Waals surface area (Å²) in [7, 11) is 5.31. The number of rotatable bonds is 3. The van der Waals surface area contributed by atoms with Crippen molar-refractivity contribution in [3.8, 4) is 0 Å². The fourth-order valence-corrected chi connectivity index (χ4v) is 1.22. The van der Waals surface area contributed by atoms with Crippen molar-refractivity contribution in [1.82, 2.24) is 0 Å². The third-order valence-electron chi connectivity index (χ3n) is 0.862. The van der Waals surface area contributed by atoms with Crippen molar-refractivity contribution in [2.75, 3.05) is 6.16 Å². The zero-order valence-electron chi connectivity index (χ0n) is 4.72. The molecule has 0 saturated carbocycles. The molecule has 0 aromatic rings. The predicted molar refractivity (Wildman–Crippen MR) is 38.2 cm³/mol. The van der Waals surface area contributed by atoms with E-state index in [9.17, 15) is 0 Å². The van der Waals surface area contributed by atoms with Crippen molar-refractivity contribution in [3.05, 3.63) is 0 Å². The molecular weight excluding hydrogens is 122 g/mol. The summed E-state index contributed by atoms with van der Waals surface area (Å²) in [6.07, 6.45) is 5.30. The van der Waals surface area contributed by atoms with Crippen LogP contribution in [0.2, 0.25) is 0 Å². The van der Waals surface area contributed by atoms with Crippen LogP contribution in [0.1, 0.15) is 26.2 Å². The molecule has 0 unspecified atom stereocenters. The van der Waals surface area contributed by atoms with Crippen molar-refractivity contribution >= 4 is 16.0 Å². The van der Waals surface area contributed by atoms with Gasteiger partial charge in [0.25, 0.3) is 0 Å². The van der Waals surface area contributed by atoms with Gasteiger partial charge in [0.2, 0.25) is 0 Å². The first-order chi connectivity index (χ1) is 3.41. The molecule has 0 saturated heterocycles. The fraction of sp³-hybridized carbons (Fsp3) is 1.00. The first-order valence-corrected chi connectivity index (χ1v) is 4.96. The van der Waals surface area contributed by atoms with Crippen LogP contribution in [-0.2, 0) is 0 Å². The average molecular weight is 133 g/mol. The molecule has 0 heterocycles. The van der Waals surface area contributed by atoms with E-state index in [0.717, 1.165) is 0 Å². The van der Waals surface area contributed by atoms with Gasteiger partial charge in [-0.05, 0) is 0 Å². The van der Waals surface area contributed by atoms with Crippen LogP contribution in [-0.4, -0.2) is 6.16 Å². The van der Waals surface area contributed by atoms with Crippen LogP contribution in [0.15, 0.2) is 0 Å². The van der Waals surface area contributed by atoms with Crippen LogP contribution >= 0.6 is 16.0 Å². The van der Waals surface area contributed by atoms with Crippen molar-refractivity contribution in [2.45, 2.75) is 26.2 Å². The number of hydrogen-bond donors (Lipinski definition) is 0. The topological polar surface area (TPSA) is 0 Å². The Morgan fingerprint density at radius 1 is 1.43 bits per heavy atom. The van der Waals surface area contributed by atoms with Gasteiger partial charge in [0.05, 0.1) is 0 Å². The zero-order chi connectivity index (χ0) is 5.54. The Morgan fingerprint density at radius 2 is 2.14 bits per heavy atom. The summed E-state index contributed by atoms with van der Waals surface area (Å²) in [6, 6.07) is 0. The second-order valence-electron chi connectivity index (χ2n) is 1.57. The van der Waals surface area contributed by atoms with Gasteiger partial charge in [-0.2, -0.15) is 0 Å². The van der Waals surface area contributed by atoms with E-state index in [4.69, 9.17) is 0 Å².